The van der Waals surface area contributed by atoms with Gasteiger partial charge in [-0.15, -0.1) is 0 Å². The lowest BCUT2D eigenvalue weighted by molar-refractivity contribution is -0.128. The molecule has 0 bridgehead atoms. The van der Waals surface area contributed by atoms with E-state index in [-0.39, 0.29) is 24.2 Å². The predicted octanol–water partition coefficient (Wildman–Crippen LogP) is 3.74. The molecule has 0 radical (unpaired) electrons. The number of carbonyl (C=O) groups is 2. The van der Waals surface area contributed by atoms with Crippen molar-refractivity contribution in [2.45, 2.75) is 19.9 Å². The van der Waals surface area contributed by atoms with Crippen LogP contribution in [0, 0.1) is 12.8 Å². The normalized spacial score (nSPS) is 17.2. The molecule has 0 aliphatic carbocycles. The standard InChI is InChI=1S/C19H19BrN2O2/c1-13-9-16(7-8-17(13)20)21-19(24)15-10-18(23)22(12-15)11-14-5-3-2-4-6-14/h2-9,15H,10-12H2,1H3,(H,21,24). The van der Waals surface area contributed by atoms with Crippen LogP contribution in [0.5, 0.6) is 0 Å². The van der Waals surface area contributed by atoms with E-state index in [1.54, 1.807) is 4.90 Å². The van der Waals surface area contributed by atoms with Crippen molar-refractivity contribution >= 4 is 33.4 Å². The third kappa shape index (κ3) is 3.85. The van der Waals surface area contributed by atoms with Crippen molar-refractivity contribution in [2.24, 2.45) is 5.92 Å². The molecule has 1 N–H and O–H groups in total. The van der Waals surface area contributed by atoms with Gasteiger partial charge in [0.05, 0.1) is 5.92 Å². The lowest BCUT2D eigenvalue weighted by atomic mass is 10.1. The molecule has 0 saturated carbocycles. The van der Waals surface area contributed by atoms with E-state index in [0.29, 0.717) is 13.1 Å². The molecule has 0 spiro atoms. The Labute approximate surface area is 150 Å². The molecule has 1 atom stereocenters. The first-order chi connectivity index (χ1) is 11.5. The summed E-state index contributed by atoms with van der Waals surface area (Å²) < 4.78 is 1.01. The van der Waals surface area contributed by atoms with Gasteiger partial charge in [0.25, 0.3) is 0 Å². The van der Waals surface area contributed by atoms with Gasteiger partial charge in [0.15, 0.2) is 0 Å². The van der Waals surface area contributed by atoms with E-state index in [2.05, 4.69) is 21.2 Å². The number of carbonyl (C=O) groups excluding carboxylic acids is 2. The Bertz CT molecular complexity index is 761. The molecule has 1 unspecified atom stereocenters. The lowest BCUT2D eigenvalue weighted by Gasteiger charge is -2.16. The van der Waals surface area contributed by atoms with E-state index in [1.165, 1.54) is 0 Å². The van der Waals surface area contributed by atoms with Crippen LogP contribution < -0.4 is 5.32 Å². The molecule has 3 rings (SSSR count). The second kappa shape index (κ2) is 7.18. The lowest BCUT2D eigenvalue weighted by Crippen LogP contribution is -2.28. The molecule has 1 saturated heterocycles. The van der Waals surface area contributed by atoms with Crippen molar-refractivity contribution < 1.29 is 9.59 Å². The molecule has 24 heavy (non-hydrogen) atoms. The summed E-state index contributed by atoms with van der Waals surface area (Å²) >= 11 is 3.45. The highest BCUT2D eigenvalue weighted by Crippen LogP contribution is 2.24. The van der Waals surface area contributed by atoms with Crippen LogP contribution in [0.4, 0.5) is 5.69 Å². The first kappa shape index (κ1) is 16.7. The molecule has 5 heteroatoms. The zero-order valence-corrected chi connectivity index (χ0v) is 15.0. The maximum atomic E-state index is 12.5. The second-order valence-electron chi connectivity index (χ2n) is 6.11. The zero-order chi connectivity index (χ0) is 17.1. The number of anilines is 1. The van der Waals surface area contributed by atoms with Crippen LogP contribution in [-0.2, 0) is 16.1 Å². The van der Waals surface area contributed by atoms with Gasteiger partial charge < -0.3 is 10.2 Å². The van der Waals surface area contributed by atoms with Crippen LogP contribution in [0.3, 0.4) is 0 Å². The average Bonchev–Trinajstić information content (AvgIpc) is 2.93. The smallest absolute Gasteiger partial charge is 0.229 e. The monoisotopic (exact) mass is 386 g/mol. The first-order valence-corrected chi connectivity index (χ1v) is 8.71. The second-order valence-corrected chi connectivity index (χ2v) is 6.97. The number of benzene rings is 2. The number of nitrogens with one attached hydrogen (secondary N) is 1. The number of likely N-dealkylation sites (tertiary alicyclic amines) is 1. The fourth-order valence-electron chi connectivity index (χ4n) is 2.87. The van der Waals surface area contributed by atoms with Crippen LogP contribution in [0.1, 0.15) is 17.5 Å². The maximum absolute atomic E-state index is 12.5. The minimum absolute atomic E-state index is 0.0333. The number of halogens is 1. The van der Waals surface area contributed by atoms with Crippen molar-refractivity contribution in [3.63, 3.8) is 0 Å². The molecule has 2 aromatic rings. The highest BCUT2D eigenvalue weighted by molar-refractivity contribution is 9.10. The molecule has 124 valence electrons. The van der Waals surface area contributed by atoms with Gasteiger partial charge in [0.2, 0.25) is 11.8 Å². The fourth-order valence-corrected chi connectivity index (χ4v) is 3.12. The van der Waals surface area contributed by atoms with E-state index in [9.17, 15) is 9.59 Å². The minimum Gasteiger partial charge on any atom is -0.338 e. The summed E-state index contributed by atoms with van der Waals surface area (Å²) in [4.78, 5) is 26.4. The Balaban J connectivity index is 1.62. The van der Waals surface area contributed by atoms with E-state index in [0.717, 1.165) is 21.3 Å². The average molecular weight is 387 g/mol. The number of nitrogens with zero attached hydrogens (tertiary/aromatic N) is 1. The summed E-state index contributed by atoms with van der Waals surface area (Å²) in [7, 11) is 0. The zero-order valence-electron chi connectivity index (χ0n) is 13.5. The van der Waals surface area contributed by atoms with Gasteiger partial charge in [-0.05, 0) is 36.2 Å². The fraction of sp³-hybridized carbons (Fsp3) is 0.263. The summed E-state index contributed by atoms with van der Waals surface area (Å²) in [5.74, 6) is -0.364. The summed E-state index contributed by atoms with van der Waals surface area (Å²) in [6.07, 6.45) is 0.272. The van der Waals surface area contributed by atoms with E-state index < -0.39 is 0 Å². The van der Waals surface area contributed by atoms with Gasteiger partial charge in [0.1, 0.15) is 0 Å². The summed E-state index contributed by atoms with van der Waals surface area (Å²) in [6.45, 7) is 3.00. The molecule has 2 amide bonds. The largest absolute Gasteiger partial charge is 0.338 e. The van der Waals surface area contributed by atoms with Crippen LogP contribution in [0.15, 0.2) is 53.0 Å². The van der Waals surface area contributed by atoms with Crippen molar-refractivity contribution in [1.82, 2.24) is 4.90 Å². The molecule has 2 aromatic carbocycles. The van der Waals surface area contributed by atoms with E-state index >= 15 is 0 Å². The molecule has 4 nitrogen and oxygen atoms in total. The van der Waals surface area contributed by atoms with Crippen molar-refractivity contribution in [3.8, 4) is 0 Å². The minimum atomic E-state index is -0.301. The maximum Gasteiger partial charge on any atom is 0.229 e. The Morgan fingerprint density at radius 2 is 2.00 bits per heavy atom. The number of aryl methyl sites for hydroxylation is 1. The van der Waals surface area contributed by atoms with Gasteiger partial charge in [-0.1, -0.05) is 46.3 Å². The van der Waals surface area contributed by atoms with E-state index in [1.807, 2.05) is 55.5 Å². The Morgan fingerprint density at radius 1 is 1.25 bits per heavy atom. The molecule has 1 aliphatic heterocycles. The molecular formula is C19H19BrN2O2. The topological polar surface area (TPSA) is 49.4 Å². The van der Waals surface area contributed by atoms with Crippen molar-refractivity contribution in [3.05, 3.63) is 64.1 Å². The summed E-state index contributed by atoms with van der Waals surface area (Å²) in [6, 6.07) is 15.5. The third-order valence-corrected chi connectivity index (χ3v) is 5.12. The molecular weight excluding hydrogens is 368 g/mol. The van der Waals surface area contributed by atoms with Crippen molar-refractivity contribution in [1.29, 1.82) is 0 Å². The van der Waals surface area contributed by atoms with Gasteiger partial charge >= 0.3 is 0 Å². The number of rotatable bonds is 4. The quantitative estimate of drug-likeness (QED) is 0.869. The molecule has 1 heterocycles. The van der Waals surface area contributed by atoms with E-state index in [4.69, 9.17) is 0 Å². The van der Waals surface area contributed by atoms with Gasteiger partial charge in [-0.3, -0.25) is 9.59 Å². The Hall–Kier alpha value is -2.14. The Kier molecular flexibility index (Phi) is 5.00. The summed E-state index contributed by atoms with van der Waals surface area (Å²) in [5.41, 5.74) is 2.89. The van der Waals surface area contributed by atoms with Gasteiger partial charge in [-0.25, -0.2) is 0 Å². The van der Waals surface area contributed by atoms with Crippen LogP contribution >= 0.6 is 15.9 Å². The molecule has 1 fully saturated rings. The van der Waals surface area contributed by atoms with Crippen molar-refractivity contribution in [2.75, 3.05) is 11.9 Å². The number of amides is 2. The first-order valence-electron chi connectivity index (χ1n) is 7.91. The van der Waals surface area contributed by atoms with Crippen LogP contribution in [0.25, 0.3) is 0 Å². The Morgan fingerprint density at radius 3 is 2.71 bits per heavy atom. The summed E-state index contributed by atoms with van der Waals surface area (Å²) in [5, 5.41) is 2.92. The highest BCUT2D eigenvalue weighted by Gasteiger charge is 2.34. The van der Waals surface area contributed by atoms with Crippen LogP contribution in [0.2, 0.25) is 0 Å². The van der Waals surface area contributed by atoms with Gasteiger partial charge in [-0.2, -0.15) is 0 Å². The predicted molar refractivity (Wildman–Crippen MR) is 97.5 cm³/mol. The SMILES string of the molecule is Cc1cc(NC(=O)C2CC(=O)N(Cc3ccccc3)C2)ccc1Br. The van der Waals surface area contributed by atoms with Crippen LogP contribution in [-0.4, -0.2) is 23.3 Å². The third-order valence-electron chi connectivity index (χ3n) is 4.23. The van der Waals surface area contributed by atoms with Gasteiger partial charge in [0, 0.05) is 29.7 Å². The molecule has 0 aromatic heterocycles. The number of hydrogen-bond donors (Lipinski definition) is 1. The number of hydrogen-bond acceptors (Lipinski definition) is 2. The highest BCUT2D eigenvalue weighted by atomic mass is 79.9. The molecule has 1 aliphatic rings.